The van der Waals surface area contributed by atoms with E-state index in [4.69, 9.17) is 0 Å². The molecule has 1 fully saturated rings. The lowest BCUT2D eigenvalue weighted by Crippen LogP contribution is -2.48. The maximum Gasteiger partial charge on any atom is -0.0149 e. The molecule has 0 aromatic carbocycles. The Morgan fingerprint density at radius 3 is 2.60 bits per heavy atom. The highest BCUT2D eigenvalue weighted by atomic mass is 14.6. The molecular weight excluding hydrogens is 240 g/mol. The molecule has 0 spiro atoms. The lowest BCUT2D eigenvalue weighted by atomic mass is 9.48. The molecule has 0 N–H and O–H groups in total. The van der Waals surface area contributed by atoms with Gasteiger partial charge < -0.3 is 0 Å². The first-order valence-corrected chi connectivity index (χ1v) is 8.98. The van der Waals surface area contributed by atoms with Gasteiger partial charge in [-0.15, -0.1) is 0 Å². The first-order valence-electron chi connectivity index (χ1n) is 8.98. The molecule has 0 unspecified atom stereocenters. The second-order valence-electron chi connectivity index (χ2n) is 8.73. The fourth-order valence-electron chi connectivity index (χ4n) is 5.35. The molecule has 116 valence electrons. The van der Waals surface area contributed by atoms with Crippen molar-refractivity contribution in [1.29, 1.82) is 0 Å². The van der Waals surface area contributed by atoms with E-state index in [0.29, 0.717) is 10.8 Å². The molecule has 0 radical (unpaired) electrons. The van der Waals surface area contributed by atoms with E-state index in [1.807, 2.05) is 0 Å². The summed E-state index contributed by atoms with van der Waals surface area (Å²) in [4.78, 5) is 0. The van der Waals surface area contributed by atoms with Crippen molar-refractivity contribution in [3.63, 3.8) is 0 Å². The average molecular weight is 277 g/mol. The van der Waals surface area contributed by atoms with E-state index in [-0.39, 0.29) is 0 Å². The van der Waals surface area contributed by atoms with Gasteiger partial charge >= 0.3 is 0 Å². The fraction of sp³-hybridized carbons (Fsp3) is 0.900. The Morgan fingerprint density at radius 2 is 1.95 bits per heavy atom. The van der Waals surface area contributed by atoms with Crippen molar-refractivity contribution < 1.29 is 0 Å². The summed E-state index contributed by atoms with van der Waals surface area (Å²) in [6.07, 6.45) is 12.4. The normalized spacial score (nSPS) is 38.0. The van der Waals surface area contributed by atoms with Gasteiger partial charge in [0.15, 0.2) is 0 Å². The topological polar surface area (TPSA) is 0 Å². The van der Waals surface area contributed by atoms with Crippen LogP contribution in [0.5, 0.6) is 0 Å². The molecule has 0 aromatic heterocycles. The molecule has 0 bridgehead atoms. The SMILES string of the molecule is CC[C@H](C)CC[C@@H]1C(C)=CC[C@@H]2C(C)(C)CCC[C@]12C. The fourth-order valence-corrected chi connectivity index (χ4v) is 5.35. The molecule has 2 aliphatic rings. The summed E-state index contributed by atoms with van der Waals surface area (Å²) in [6, 6.07) is 0. The van der Waals surface area contributed by atoms with E-state index >= 15 is 0 Å². The van der Waals surface area contributed by atoms with E-state index in [1.54, 1.807) is 5.57 Å². The van der Waals surface area contributed by atoms with Gasteiger partial charge in [0.05, 0.1) is 0 Å². The van der Waals surface area contributed by atoms with Crippen LogP contribution in [0, 0.1) is 28.6 Å². The van der Waals surface area contributed by atoms with Crippen LogP contribution in [0.4, 0.5) is 0 Å². The third-order valence-corrected chi connectivity index (χ3v) is 6.94. The highest BCUT2D eigenvalue weighted by Gasteiger charge is 2.51. The monoisotopic (exact) mass is 276 g/mol. The molecule has 0 amide bonds. The highest BCUT2D eigenvalue weighted by Crippen LogP contribution is 2.60. The van der Waals surface area contributed by atoms with Gasteiger partial charge in [-0.2, -0.15) is 0 Å². The molecule has 0 nitrogen and oxygen atoms in total. The second kappa shape index (κ2) is 5.85. The van der Waals surface area contributed by atoms with Crippen LogP contribution in [-0.2, 0) is 0 Å². The van der Waals surface area contributed by atoms with E-state index in [2.05, 4.69) is 47.6 Å². The van der Waals surface area contributed by atoms with Crippen molar-refractivity contribution in [2.75, 3.05) is 0 Å². The van der Waals surface area contributed by atoms with Gasteiger partial charge in [0.25, 0.3) is 0 Å². The van der Waals surface area contributed by atoms with Gasteiger partial charge in [0, 0.05) is 0 Å². The van der Waals surface area contributed by atoms with Crippen LogP contribution in [0.1, 0.15) is 86.5 Å². The quantitative estimate of drug-likeness (QED) is 0.507. The molecule has 0 aliphatic heterocycles. The van der Waals surface area contributed by atoms with E-state index < -0.39 is 0 Å². The molecule has 2 rings (SSSR count). The Labute approximate surface area is 127 Å². The van der Waals surface area contributed by atoms with Crippen LogP contribution in [-0.4, -0.2) is 0 Å². The van der Waals surface area contributed by atoms with Crippen molar-refractivity contribution in [1.82, 2.24) is 0 Å². The zero-order chi connectivity index (χ0) is 15.0. The lowest BCUT2D eigenvalue weighted by Gasteiger charge is -2.57. The Morgan fingerprint density at radius 1 is 1.25 bits per heavy atom. The zero-order valence-electron chi connectivity index (χ0n) is 14.8. The molecule has 0 heterocycles. The predicted octanol–water partition coefficient (Wildman–Crippen LogP) is 6.61. The standard InChI is InChI=1S/C20H36/c1-7-15(2)9-11-17-16(3)10-12-18-19(4,5)13-8-14-20(17,18)6/h10,15,17-18H,7-9,11-14H2,1-6H3/t15-,17+,18+,20+/m0/s1. The minimum Gasteiger partial charge on any atom is -0.0850 e. The summed E-state index contributed by atoms with van der Waals surface area (Å²) in [5.41, 5.74) is 2.80. The smallest absolute Gasteiger partial charge is 0.0149 e. The van der Waals surface area contributed by atoms with Crippen LogP contribution in [0.15, 0.2) is 11.6 Å². The first kappa shape index (κ1) is 16.1. The number of rotatable bonds is 4. The summed E-state index contributed by atoms with van der Waals surface area (Å²) in [5, 5.41) is 0. The van der Waals surface area contributed by atoms with Crippen molar-refractivity contribution in [3.05, 3.63) is 11.6 Å². The largest absolute Gasteiger partial charge is 0.0850 e. The molecule has 2 aliphatic carbocycles. The van der Waals surface area contributed by atoms with Gasteiger partial charge in [0.1, 0.15) is 0 Å². The van der Waals surface area contributed by atoms with Gasteiger partial charge in [-0.1, -0.05) is 65.5 Å². The second-order valence-corrected chi connectivity index (χ2v) is 8.73. The van der Waals surface area contributed by atoms with Crippen LogP contribution >= 0.6 is 0 Å². The number of hydrogen-bond donors (Lipinski definition) is 0. The predicted molar refractivity (Wildman–Crippen MR) is 89.8 cm³/mol. The highest BCUT2D eigenvalue weighted by molar-refractivity contribution is 5.18. The van der Waals surface area contributed by atoms with Crippen molar-refractivity contribution in [2.24, 2.45) is 28.6 Å². The molecule has 4 atom stereocenters. The van der Waals surface area contributed by atoms with Crippen molar-refractivity contribution in [2.45, 2.75) is 86.5 Å². The van der Waals surface area contributed by atoms with Gasteiger partial charge in [-0.05, 0) is 61.2 Å². The minimum atomic E-state index is 0.540. The summed E-state index contributed by atoms with van der Waals surface area (Å²) in [7, 11) is 0. The lowest BCUT2D eigenvalue weighted by molar-refractivity contribution is -0.0404. The Bertz CT molecular complexity index is 362. The molecule has 0 saturated heterocycles. The third kappa shape index (κ3) is 2.85. The van der Waals surface area contributed by atoms with E-state index in [0.717, 1.165) is 17.8 Å². The zero-order valence-corrected chi connectivity index (χ0v) is 14.8. The van der Waals surface area contributed by atoms with E-state index in [9.17, 15) is 0 Å². The van der Waals surface area contributed by atoms with E-state index in [1.165, 1.54) is 44.9 Å². The van der Waals surface area contributed by atoms with Crippen molar-refractivity contribution in [3.8, 4) is 0 Å². The summed E-state index contributed by atoms with van der Waals surface area (Å²) in [6.45, 7) is 14.8. The molecular formula is C20H36. The first-order chi connectivity index (χ1) is 9.31. The van der Waals surface area contributed by atoms with Crippen LogP contribution in [0.25, 0.3) is 0 Å². The molecule has 1 saturated carbocycles. The Kier molecular flexibility index (Phi) is 4.72. The maximum atomic E-state index is 2.62. The van der Waals surface area contributed by atoms with Gasteiger partial charge in [-0.3, -0.25) is 0 Å². The average Bonchev–Trinajstić information content (AvgIpc) is 2.36. The van der Waals surface area contributed by atoms with Gasteiger partial charge in [0.2, 0.25) is 0 Å². The number of allylic oxidation sites excluding steroid dienone is 2. The Hall–Kier alpha value is -0.260. The summed E-state index contributed by atoms with van der Waals surface area (Å²) < 4.78 is 0. The Balaban J connectivity index is 2.20. The number of fused-ring (bicyclic) bond motifs is 1. The minimum absolute atomic E-state index is 0.540. The molecule has 20 heavy (non-hydrogen) atoms. The van der Waals surface area contributed by atoms with Crippen LogP contribution in [0.2, 0.25) is 0 Å². The van der Waals surface area contributed by atoms with Crippen LogP contribution < -0.4 is 0 Å². The van der Waals surface area contributed by atoms with Gasteiger partial charge in [-0.25, -0.2) is 0 Å². The molecule has 0 heteroatoms. The third-order valence-electron chi connectivity index (χ3n) is 6.94. The summed E-state index contributed by atoms with van der Waals surface area (Å²) >= 11 is 0. The molecule has 0 aromatic rings. The number of hydrogen-bond acceptors (Lipinski definition) is 0. The maximum absolute atomic E-state index is 2.62. The summed E-state index contributed by atoms with van der Waals surface area (Å²) in [5.74, 6) is 2.63. The van der Waals surface area contributed by atoms with Crippen molar-refractivity contribution >= 4 is 0 Å². The van der Waals surface area contributed by atoms with Crippen LogP contribution in [0.3, 0.4) is 0 Å².